The predicted octanol–water partition coefficient (Wildman–Crippen LogP) is 2.60. The van der Waals surface area contributed by atoms with Crippen LogP contribution in [0.15, 0.2) is 42.7 Å². The van der Waals surface area contributed by atoms with Crippen LogP contribution in [0.3, 0.4) is 0 Å². The molecule has 1 heterocycles. The van der Waals surface area contributed by atoms with Crippen molar-refractivity contribution < 1.29 is 18.0 Å². The van der Waals surface area contributed by atoms with Gasteiger partial charge in [-0.3, -0.25) is 4.79 Å². The molecule has 6 heteroatoms. The van der Waals surface area contributed by atoms with E-state index in [1.165, 1.54) is 41.2 Å². The summed E-state index contributed by atoms with van der Waals surface area (Å²) >= 11 is 0. The fourth-order valence-electron chi connectivity index (χ4n) is 1.63. The molecule has 0 atom stereocenters. The lowest BCUT2D eigenvalue weighted by molar-refractivity contribution is -0.137. The van der Waals surface area contributed by atoms with Crippen molar-refractivity contribution in [3.8, 4) is 5.69 Å². The van der Waals surface area contributed by atoms with Crippen LogP contribution in [-0.2, 0) is 6.18 Å². The summed E-state index contributed by atoms with van der Waals surface area (Å²) in [6.45, 7) is 0. The van der Waals surface area contributed by atoms with E-state index in [1.54, 1.807) is 0 Å². The number of benzene rings is 1. The van der Waals surface area contributed by atoms with Crippen molar-refractivity contribution in [1.82, 2.24) is 4.57 Å². The number of nitrogens with zero attached hydrogens (tertiary/aromatic N) is 1. The van der Waals surface area contributed by atoms with E-state index < -0.39 is 17.6 Å². The van der Waals surface area contributed by atoms with E-state index in [9.17, 15) is 18.0 Å². The molecular weight excluding hydrogens is 245 g/mol. The van der Waals surface area contributed by atoms with Gasteiger partial charge in [0, 0.05) is 12.4 Å². The van der Waals surface area contributed by atoms with Gasteiger partial charge in [-0.05, 0) is 18.2 Å². The molecule has 0 fully saturated rings. The maximum atomic E-state index is 12.8. The van der Waals surface area contributed by atoms with Crippen molar-refractivity contribution in [2.45, 2.75) is 6.18 Å². The van der Waals surface area contributed by atoms with Crippen molar-refractivity contribution in [3.63, 3.8) is 0 Å². The Hall–Kier alpha value is -2.24. The number of alkyl halides is 3. The molecule has 0 aliphatic heterocycles. The van der Waals surface area contributed by atoms with Gasteiger partial charge < -0.3 is 10.3 Å². The van der Waals surface area contributed by atoms with Crippen molar-refractivity contribution in [1.29, 1.82) is 0 Å². The highest BCUT2D eigenvalue weighted by atomic mass is 19.4. The summed E-state index contributed by atoms with van der Waals surface area (Å²) in [6, 6.07) is 6.49. The second kappa shape index (κ2) is 4.21. The van der Waals surface area contributed by atoms with Crippen LogP contribution in [0.5, 0.6) is 0 Å². The van der Waals surface area contributed by atoms with Gasteiger partial charge in [-0.15, -0.1) is 0 Å². The number of amides is 1. The Kier molecular flexibility index (Phi) is 2.86. The minimum absolute atomic E-state index is 0.0440. The van der Waals surface area contributed by atoms with E-state index in [4.69, 9.17) is 5.73 Å². The number of hydrogen-bond donors (Lipinski definition) is 1. The third-order valence-electron chi connectivity index (χ3n) is 2.47. The lowest BCUT2D eigenvalue weighted by Gasteiger charge is -2.13. The Morgan fingerprint density at radius 1 is 1.17 bits per heavy atom. The summed E-state index contributed by atoms with van der Waals surface area (Å²) in [7, 11) is 0. The van der Waals surface area contributed by atoms with Crippen LogP contribution in [0.1, 0.15) is 15.9 Å². The van der Waals surface area contributed by atoms with Crippen molar-refractivity contribution in [2.75, 3.05) is 0 Å². The number of carbonyl (C=O) groups is 1. The van der Waals surface area contributed by atoms with E-state index >= 15 is 0 Å². The van der Waals surface area contributed by atoms with Crippen LogP contribution in [0, 0.1) is 0 Å². The van der Waals surface area contributed by atoms with Crippen LogP contribution in [-0.4, -0.2) is 10.5 Å². The van der Waals surface area contributed by atoms with Crippen LogP contribution >= 0.6 is 0 Å². The summed E-state index contributed by atoms with van der Waals surface area (Å²) in [4.78, 5) is 10.9. The number of halogens is 3. The number of carbonyl (C=O) groups excluding carboxylic acids is 1. The number of hydrogen-bond acceptors (Lipinski definition) is 1. The molecule has 0 saturated carbocycles. The van der Waals surface area contributed by atoms with Crippen LogP contribution in [0.4, 0.5) is 13.2 Å². The smallest absolute Gasteiger partial charge is 0.366 e. The zero-order chi connectivity index (χ0) is 13.3. The third kappa shape index (κ3) is 2.22. The number of nitrogens with two attached hydrogens (primary N) is 1. The molecule has 2 aromatic rings. The van der Waals surface area contributed by atoms with Gasteiger partial charge in [-0.25, -0.2) is 0 Å². The Morgan fingerprint density at radius 3 is 2.39 bits per heavy atom. The molecule has 1 aromatic carbocycles. The van der Waals surface area contributed by atoms with E-state index in [1.807, 2.05) is 0 Å². The molecule has 0 spiro atoms. The highest BCUT2D eigenvalue weighted by molar-refractivity contribution is 5.92. The lowest BCUT2D eigenvalue weighted by atomic mass is 10.1. The molecule has 2 rings (SSSR count). The van der Waals surface area contributed by atoms with Gasteiger partial charge >= 0.3 is 6.18 Å². The number of rotatable bonds is 2. The first-order valence-electron chi connectivity index (χ1n) is 5.04. The average molecular weight is 254 g/mol. The summed E-state index contributed by atoms with van der Waals surface area (Å²) in [5.41, 5.74) is 4.40. The van der Waals surface area contributed by atoms with Crippen LogP contribution in [0.25, 0.3) is 5.69 Å². The van der Waals surface area contributed by atoms with Gasteiger partial charge in [0.1, 0.15) is 0 Å². The zero-order valence-electron chi connectivity index (χ0n) is 9.11. The van der Waals surface area contributed by atoms with E-state index in [0.717, 1.165) is 6.07 Å². The Morgan fingerprint density at radius 2 is 1.83 bits per heavy atom. The quantitative estimate of drug-likeness (QED) is 0.879. The van der Waals surface area contributed by atoms with E-state index in [0.29, 0.717) is 0 Å². The summed E-state index contributed by atoms with van der Waals surface area (Å²) in [5, 5.41) is 0. The minimum Gasteiger partial charge on any atom is -0.366 e. The minimum atomic E-state index is -4.45. The van der Waals surface area contributed by atoms with E-state index in [2.05, 4.69) is 0 Å². The second-order valence-electron chi connectivity index (χ2n) is 3.69. The zero-order valence-corrected chi connectivity index (χ0v) is 9.11. The summed E-state index contributed by atoms with van der Waals surface area (Å²) in [5.74, 6) is -0.682. The maximum Gasteiger partial charge on any atom is 0.418 e. The van der Waals surface area contributed by atoms with Gasteiger partial charge in [0.25, 0.3) is 0 Å². The number of aromatic nitrogens is 1. The molecular formula is C12H9F3N2O. The van der Waals surface area contributed by atoms with Crippen molar-refractivity contribution in [3.05, 3.63) is 53.9 Å². The highest BCUT2D eigenvalue weighted by Crippen LogP contribution is 2.33. The van der Waals surface area contributed by atoms with Gasteiger partial charge in [-0.1, -0.05) is 12.1 Å². The molecule has 1 aromatic heterocycles. The topological polar surface area (TPSA) is 48.0 Å². The van der Waals surface area contributed by atoms with E-state index in [-0.39, 0.29) is 11.3 Å². The molecule has 94 valence electrons. The van der Waals surface area contributed by atoms with Crippen molar-refractivity contribution >= 4 is 5.91 Å². The molecule has 0 aliphatic carbocycles. The lowest BCUT2D eigenvalue weighted by Crippen LogP contribution is -2.11. The SMILES string of the molecule is NC(=O)c1ccn(-c2ccccc2C(F)(F)F)c1. The normalized spacial score (nSPS) is 11.5. The molecule has 0 unspecified atom stereocenters. The first kappa shape index (κ1) is 12.2. The van der Waals surface area contributed by atoms with Gasteiger partial charge in [0.15, 0.2) is 0 Å². The Labute approximate surface area is 101 Å². The van der Waals surface area contributed by atoms with Crippen LogP contribution in [0.2, 0.25) is 0 Å². The Bertz CT molecular complexity index is 587. The first-order chi connectivity index (χ1) is 8.39. The molecule has 0 saturated heterocycles. The first-order valence-corrected chi connectivity index (χ1v) is 5.04. The third-order valence-corrected chi connectivity index (χ3v) is 2.47. The summed E-state index contributed by atoms with van der Waals surface area (Å²) < 4.78 is 39.6. The van der Waals surface area contributed by atoms with Crippen molar-refractivity contribution in [2.24, 2.45) is 5.73 Å². The Balaban J connectivity index is 2.53. The van der Waals surface area contributed by atoms with Gasteiger partial charge in [-0.2, -0.15) is 13.2 Å². The number of primary amides is 1. The largest absolute Gasteiger partial charge is 0.418 e. The highest BCUT2D eigenvalue weighted by Gasteiger charge is 2.33. The van der Waals surface area contributed by atoms with Crippen LogP contribution < -0.4 is 5.73 Å². The molecule has 18 heavy (non-hydrogen) atoms. The average Bonchev–Trinajstić information content (AvgIpc) is 2.77. The molecule has 2 N–H and O–H groups in total. The second-order valence-corrected chi connectivity index (χ2v) is 3.69. The molecule has 0 bridgehead atoms. The monoisotopic (exact) mass is 254 g/mol. The molecule has 3 nitrogen and oxygen atoms in total. The predicted molar refractivity (Wildman–Crippen MR) is 59.3 cm³/mol. The number of para-hydroxylation sites is 1. The molecule has 0 aliphatic rings. The van der Waals surface area contributed by atoms with Gasteiger partial charge in [0.05, 0.1) is 16.8 Å². The maximum absolute atomic E-state index is 12.8. The summed E-state index contributed by atoms with van der Waals surface area (Å²) in [6.07, 6.45) is -1.81. The molecule has 0 radical (unpaired) electrons. The molecule has 1 amide bonds. The van der Waals surface area contributed by atoms with Gasteiger partial charge in [0.2, 0.25) is 5.91 Å². The fraction of sp³-hybridized carbons (Fsp3) is 0.0833. The fourth-order valence-corrected chi connectivity index (χ4v) is 1.63. The standard InChI is InChI=1S/C12H9F3N2O/c13-12(14,15)9-3-1-2-4-10(9)17-6-5-8(7-17)11(16)18/h1-7H,(H2,16,18).